The highest BCUT2D eigenvalue weighted by atomic mass is 16.5. The van der Waals surface area contributed by atoms with Crippen LogP contribution in [-0.4, -0.2) is 23.2 Å². The molecule has 0 aromatic heterocycles. The molecule has 1 aromatic rings. The number of nitrogens with zero attached hydrogens (tertiary/aromatic N) is 1. The Morgan fingerprint density at radius 1 is 1.10 bits per heavy atom. The number of hydrogen-bond donors (Lipinski definition) is 0. The van der Waals surface area contributed by atoms with Crippen molar-refractivity contribution in [1.29, 1.82) is 0 Å². The lowest BCUT2D eigenvalue weighted by Crippen LogP contribution is -2.43. The van der Waals surface area contributed by atoms with Gasteiger partial charge in [-0.25, -0.2) is 0 Å². The third-order valence-corrected chi connectivity index (χ3v) is 4.40. The summed E-state index contributed by atoms with van der Waals surface area (Å²) in [5, 5.41) is 0. The second-order valence-corrected chi connectivity index (χ2v) is 5.52. The number of carbonyl (C=O) groups excluding carboxylic acids is 2. The Bertz CT molecular complexity index is 647. The molecule has 1 atom stereocenters. The molecule has 0 radical (unpaired) electrons. The molecule has 0 saturated carbocycles. The molecule has 0 fully saturated rings. The van der Waals surface area contributed by atoms with Crippen LogP contribution in [0.15, 0.2) is 35.5 Å². The van der Waals surface area contributed by atoms with Crippen molar-refractivity contribution in [3.63, 3.8) is 0 Å². The van der Waals surface area contributed by atoms with Crippen LogP contribution in [0.4, 0.5) is 0 Å². The van der Waals surface area contributed by atoms with Gasteiger partial charge in [0.2, 0.25) is 0 Å². The van der Waals surface area contributed by atoms with Crippen molar-refractivity contribution >= 4 is 11.6 Å². The van der Waals surface area contributed by atoms with E-state index in [0.717, 1.165) is 29.9 Å². The summed E-state index contributed by atoms with van der Waals surface area (Å²) in [5.41, 5.74) is 2.39. The third kappa shape index (κ3) is 1.54. The number of fused-ring (bicyclic) bond motifs is 4. The van der Waals surface area contributed by atoms with Crippen LogP contribution in [0.1, 0.15) is 37.3 Å². The van der Waals surface area contributed by atoms with Crippen molar-refractivity contribution in [2.24, 2.45) is 0 Å². The Balaban J connectivity index is 1.83. The van der Waals surface area contributed by atoms with Crippen LogP contribution in [0.2, 0.25) is 0 Å². The first kappa shape index (κ1) is 11.7. The number of ketones is 2. The van der Waals surface area contributed by atoms with E-state index in [1.165, 1.54) is 0 Å². The van der Waals surface area contributed by atoms with Crippen molar-refractivity contribution in [3.8, 4) is 5.75 Å². The fraction of sp³-hybridized carbons (Fsp3) is 0.375. The van der Waals surface area contributed by atoms with E-state index in [0.29, 0.717) is 25.1 Å². The second kappa shape index (κ2) is 4.20. The smallest absolute Gasteiger partial charge is 0.170 e. The predicted molar refractivity (Wildman–Crippen MR) is 72.0 cm³/mol. The fourth-order valence-electron chi connectivity index (χ4n) is 3.48. The number of Topliss-reactive ketones (excluding diaryl/α,β-unsaturated/α-hetero) is 2. The molecule has 1 aliphatic carbocycles. The number of ether oxygens (including phenoxy) is 1. The monoisotopic (exact) mass is 269 g/mol. The van der Waals surface area contributed by atoms with Gasteiger partial charge < -0.3 is 9.64 Å². The van der Waals surface area contributed by atoms with E-state index in [1.807, 2.05) is 24.3 Å². The Labute approximate surface area is 117 Å². The summed E-state index contributed by atoms with van der Waals surface area (Å²) < 4.78 is 5.78. The quantitative estimate of drug-likeness (QED) is 0.678. The van der Waals surface area contributed by atoms with E-state index < -0.39 is 0 Å². The molecule has 0 bridgehead atoms. The summed E-state index contributed by atoms with van der Waals surface area (Å²) in [6.45, 7) is 0.432. The summed E-state index contributed by atoms with van der Waals surface area (Å²) in [6.07, 6.45) is 2.51. The maximum absolute atomic E-state index is 12.4. The molecule has 102 valence electrons. The minimum atomic E-state index is 0.00246. The van der Waals surface area contributed by atoms with E-state index in [2.05, 4.69) is 4.90 Å². The van der Waals surface area contributed by atoms with Gasteiger partial charge in [0.25, 0.3) is 0 Å². The summed E-state index contributed by atoms with van der Waals surface area (Å²) >= 11 is 0. The molecular formula is C16H15NO3. The van der Waals surface area contributed by atoms with Crippen LogP contribution in [0, 0.1) is 0 Å². The minimum Gasteiger partial charge on any atom is -0.473 e. The van der Waals surface area contributed by atoms with E-state index in [4.69, 9.17) is 4.74 Å². The van der Waals surface area contributed by atoms with Gasteiger partial charge in [0.1, 0.15) is 5.75 Å². The maximum Gasteiger partial charge on any atom is 0.170 e. The van der Waals surface area contributed by atoms with Crippen molar-refractivity contribution in [3.05, 3.63) is 41.1 Å². The van der Waals surface area contributed by atoms with Crippen LogP contribution in [-0.2, 0) is 9.59 Å². The van der Waals surface area contributed by atoms with Crippen LogP contribution in [0.5, 0.6) is 5.75 Å². The van der Waals surface area contributed by atoms with Gasteiger partial charge in [0.15, 0.2) is 18.3 Å². The normalized spacial score (nSPS) is 24.8. The van der Waals surface area contributed by atoms with E-state index in [-0.39, 0.29) is 17.6 Å². The molecular weight excluding hydrogens is 254 g/mol. The molecule has 4 nitrogen and oxygen atoms in total. The van der Waals surface area contributed by atoms with Crippen LogP contribution >= 0.6 is 0 Å². The highest BCUT2D eigenvalue weighted by molar-refractivity contribution is 6.21. The van der Waals surface area contributed by atoms with Gasteiger partial charge >= 0.3 is 0 Å². The molecule has 0 amide bonds. The van der Waals surface area contributed by atoms with Crippen molar-refractivity contribution in [2.75, 3.05) is 6.73 Å². The Hall–Kier alpha value is -2.10. The zero-order valence-corrected chi connectivity index (χ0v) is 11.1. The lowest BCUT2D eigenvalue weighted by molar-refractivity contribution is -0.124. The van der Waals surface area contributed by atoms with Crippen molar-refractivity contribution in [2.45, 2.75) is 31.7 Å². The first-order valence-corrected chi connectivity index (χ1v) is 7.03. The minimum absolute atomic E-state index is 0.00246. The molecule has 4 rings (SSSR count). The molecule has 0 spiro atoms. The number of carbonyl (C=O) groups is 2. The second-order valence-electron chi connectivity index (χ2n) is 5.52. The molecule has 2 heterocycles. The first-order chi connectivity index (χ1) is 9.75. The molecule has 1 unspecified atom stereocenters. The summed E-state index contributed by atoms with van der Waals surface area (Å²) in [5.74, 6) is 0.865. The van der Waals surface area contributed by atoms with Crippen LogP contribution < -0.4 is 4.74 Å². The molecule has 3 aliphatic rings. The zero-order valence-electron chi connectivity index (χ0n) is 11.1. The summed E-state index contributed by atoms with van der Waals surface area (Å²) in [6, 6.07) is 7.88. The topological polar surface area (TPSA) is 46.6 Å². The van der Waals surface area contributed by atoms with E-state index in [9.17, 15) is 9.59 Å². The Kier molecular flexibility index (Phi) is 2.46. The van der Waals surface area contributed by atoms with Gasteiger partial charge in [-0.2, -0.15) is 0 Å². The molecule has 0 N–H and O–H groups in total. The average molecular weight is 269 g/mol. The van der Waals surface area contributed by atoms with Crippen LogP contribution in [0.3, 0.4) is 0 Å². The molecule has 20 heavy (non-hydrogen) atoms. The SMILES string of the molecule is O=C1CCCC2=C1C(=O)CC1c3ccccc3OCN21. The number of rotatable bonds is 0. The zero-order chi connectivity index (χ0) is 13.7. The van der Waals surface area contributed by atoms with Crippen LogP contribution in [0.25, 0.3) is 0 Å². The summed E-state index contributed by atoms with van der Waals surface area (Å²) in [7, 11) is 0. The number of para-hydroxylation sites is 1. The van der Waals surface area contributed by atoms with E-state index in [1.54, 1.807) is 0 Å². The fourth-order valence-corrected chi connectivity index (χ4v) is 3.48. The lowest BCUT2D eigenvalue weighted by atomic mass is 9.82. The van der Waals surface area contributed by atoms with Gasteiger partial charge in [-0.15, -0.1) is 0 Å². The van der Waals surface area contributed by atoms with Crippen molar-refractivity contribution in [1.82, 2.24) is 4.90 Å². The lowest BCUT2D eigenvalue weighted by Gasteiger charge is -2.44. The molecule has 0 saturated heterocycles. The van der Waals surface area contributed by atoms with E-state index >= 15 is 0 Å². The van der Waals surface area contributed by atoms with Crippen molar-refractivity contribution < 1.29 is 14.3 Å². The Morgan fingerprint density at radius 3 is 2.85 bits per heavy atom. The molecule has 1 aromatic carbocycles. The number of benzene rings is 1. The maximum atomic E-state index is 12.4. The summed E-state index contributed by atoms with van der Waals surface area (Å²) in [4.78, 5) is 26.5. The average Bonchev–Trinajstić information content (AvgIpc) is 2.47. The standard InChI is InChI=1S/C16H15NO3/c18-13-6-3-5-11-16(13)14(19)8-12-10-4-1-2-7-15(10)20-9-17(11)12/h1-2,4,7,12H,3,5-6,8-9H2. The Morgan fingerprint density at radius 2 is 1.95 bits per heavy atom. The predicted octanol–water partition coefficient (Wildman–Crippen LogP) is 2.36. The molecule has 2 aliphatic heterocycles. The van der Waals surface area contributed by atoms with Gasteiger partial charge in [-0.1, -0.05) is 18.2 Å². The highest BCUT2D eigenvalue weighted by Gasteiger charge is 2.41. The van der Waals surface area contributed by atoms with Gasteiger partial charge in [0, 0.05) is 24.1 Å². The number of hydrogen-bond acceptors (Lipinski definition) is 4. The van der Waals surface area contributed by atoms with Gasteiger partial charge in [0.05, 0.1) is 11.6 Å². The molecule has 4 heteroatoms. The highest BCUT2D eigenvalue weighted by Crippen LogP contribution is 2.44. The first-order valence-electron chi connectivity index (χ1n) is 7.03. The largest absolute Gasteiger partial charge is 0.473 e. The van der Waals surface area contributed by atoms with Gasteiger partial charge in [-0.3, -0.25) is 9.59 Å². The van der Waals surface area contributed by atoms with Gasteiger partial charge in [-0.05, 0) is 18.9 Å². The third-order valence-electron chi connectivity index (χ3n) is 4.40. The number of allylic oxidation sites excluding steroid dienone is 2.